The first-order valence-corrected chi connectivity index (χ1v) is 6.41. The van der Waals surface area contributed by atoms with Crippen LogP contribution >= 0.6 is 11.6 Å². The molecule has 0 bridgehead atoms. The average molecular weight is 240 g/mol. The van der Waals surface area contributed by atoms with Gasteiger partial charge in [-0.3, -0.25) is 0 Å². The van der Waals surface area contributed by atoms with Crippen LogP contribution in [0, 0.1) is 5.92 Å². The molecule has 1 N–H and O–H groups in total. The minimum absolute atomic E-state index is 0.573. The molecule has 1 nitrogen and oxygen atoms in total. The van der Waals surface area contributed by atoms with Crippen molar-refractivity contribution in [3.05, 3.63) is 34.9 Å². The van der Waals surface area contributed by atoms with Crippen molar-refractivity contribution in [3.8, 4) is 0 Å². The molecule has 16 heavy (non-hydrogen) atoms. The number of likely N-dealkylation sites (N-methyl/N-ethyl adjacent to an activating group) is 1. The molecule has 2 heteroatoms. The maximum atomic E-state index is 5.87. The predicted octanol–water partition coefficient (Wildman–Crippen LogP) is 3.91. The second-order valence-electron chi connectivity index (χ2n) is 4.79. The van der Waals surface area contributed by atoms with E-state index >= 15 is 0 Å². The third-order valence-corrected chi connectivity index (χ3v) is 3.15. The zero-order valence-electron chi connectivity index (χ0n) is 10.5. The van der Waals surface area contributed by atoms with Crippen molar-refractivity contribution >= 4 is 11.6 Å². The van der Waals surface area contributed by atoms with Crippen LogP contribution in [0.25, 0.3) is 0 Å². The minimum atomic E-state index is 0.573. The average Bonchev–Trinajstić information content (AvgIpc) is 2.26. The van der Waals surface area contributed by atoms with E-state index in [1.54, 1.807) is 0 Å². The first-order valence-electron chi connectivity index (χ1n) is 6.03. The molecular weight excluding hydrogens is 218 g/mol. The zero-order valence-corrected chi connectivity index (χ0v) is 11.2. The smallest absolute Gasteiger partial charge is 0.0406 e. The monoisotopic (exact) mass is 239 g/mol. The van der Waals surface area contributed by atoms with Crippen LogP contribution in [-0.4, -0.2) is 13.1 Å². The van der Waals surface area contributed by atoms with Gasteiger partial charge in [-0.15, -0.1) is 0 Å². The Kier molecular flexibility index (Phi) is 5.86. The second kappa shape index (κ2) is 6.93. The van der Waals surface area contributed by atoms with Gasteiger partial charge in [0.2, 0.25) is 0 Å². The molecule has 0 saturated carbocycles. The van der Waals surface area contributed by atoms with Gasteiger partial charge in [0.25, 0.3) is 0 Å². The van der Waals surface area contributed by atoms with Gasteiger partial charge in [-0.1, -0.05) is 37.6 Å². The van der Waals surface area contributed by atoms with Gasteiger partial charge >= 0.3 is 0 Å². The van der Waals surface area contributed by atoms with Gasteiger partial charge in [0.05, 0.1) is 0 Å². The van der Waals surface area contributed by atoms with Gasteiger partial charge in [0, 0.05) is 11.1 Å². The third-order valence-electron chi connectivity index (χ3n) is 2.90. The first kappa shape index (κ1) is 13.5. The van der Waals surface area contributed by atoms with E-state index in [-0.39, 0.29) is 0 Å². The van der Waals surface area contributed by atoms with E-state index in [0.717, 1.165) is 17.4 Å². The van der Waals surface area contributed by atoms with E-state index in [1.165, 1.54) is 18.4 Å². The highest BCUT2D eigenvalue weighted by Crippen LogP contribution is 2.14. The lowest BCUT2D eigenvalue weighted by atomic mass is 9.98. The molecule has 1 unspecified atom stereocenters. The Bertz CT molecular complexity index is 292. The van der Waals surface area contributed by atoms with Crippen molar-refractivity contribution in [1.82, 2.24) is 5.32 Å². The summed E-state index contributed by atoms with van der Waals surface area (Å²) < 4.78 is 0. The number of benzene rings is 1. The van der Waals surface area contributed by atoms with Crippen LogP contribution in [0.15, 0.2) is 24.3 Å². The molecule has 90 valence electrons. The number of hydrogen-bond donors (Lipinski definition) is 1. The van der Waals surface area contributed by atoms with E-state index in [4.69, 9.17) is 11.6 Å². The largest absolute Gasteiger partial charge is 0.317 e. The molecule has 0 radical (unpaired) electrons. The summed E-state index contributed by atoms with van der Waals surface area (Å²) >= 11 is 5.87. The quantitative estimate of drug-likeness (QED) is 0.794. The van der Waals surface area contributed by atoms with Crippen LogP contribution in [0.2, 0.25) is 5.02 Å². The van der Waals surface area contributed by atoms with Crippen LogP contribution in [0.4, 0.5) is 0 Å². The molecule has 0 amide bonds. The van der Waals surface area contributed by atoms with Gasteiger partial charge in [0.15, 0.2) is 0 Å². The molecule has 0 aliphatic rings. The summed E-state index contributed by atoms with van der Waals surface area (Å²) in [6, 6.07) is 8.73. The van der Waals surface area contributed by atoms with Crippen LogP contribution in [0.3, 0.4) is 0 Å². The van der Waals surface area contributed by atoms with Gasteiger partial charge in [-0.05, 0) is 49.9 Å². The number of halogens is 1. The molecule has 1 rings (SSSR count). The molecule has 0 saturated heterocycles. The Morgan fingerprint density at radius 1 is 1.12 bits per heavy atom. The predicted molar refractivity (Wildman–Crippen MR) is 72.1 cm³/mol. The Labute approximate surface area is 104 Å². The van der Waals surface area contributed by atoms with E-state index in [1.807, 2.05) is 19.2 Å². The minimum Gasteiger partial charge on any atom is -0.317 e. The number of hydrogen-bond acceptors (Lipinski definition) is 1. The second-order valence-corrected chi connectivity index (χ2v) is 5.22. The van der Waals surface area contributed by atoms with E-state index < -0.39 is 0 Å². The summed E-state index contributed by atoms with van der Waals surface area (Å²) in [5.74, 6) is 0.779. The van der Waals surface area contributed by atoms with Crippen LogP contribution in [-0.2, 0) is 6.42 Å². The lowest BCUT2D eigenvalue weighted by molar-refractivity contribution is 0.451. The van der Waals surface area contributed by atoms with Crippen LogP contribution < -0.4 is 5.32 Å². The highest BCUT2D eigenvalue weighted by atomic mass is 35.5. The highest BCUT2D eigenvalue weighted by Gasteiger charge is 2.08. The molecule has 0 aliphatic carbocycles. The molecular formula is C14H22ClN. The first-order chi connectivity index (χ1) is 7.61. The van der Waals surface area contributed by atoms with Crippen molar-refractivity contribution in [1.29, 1.82) is 0 Å². The standard InChI is InChI=1S/C14H22ClN/c1-11(2)4-9-14(16-3)10-12-5-7-13(15)8-6-12/h5-8,11,14,16H,4,9-10H2,1-3H3. The normalized spacial score (nSPS) is 13.1. The number of nitrogens with one attached hydrogen (secondary N) is 1. The fourth-order valence-corrected chi connectivity index (χ4v) is 1.91. The third kappa shape index (κ3) is 5.00. The topological polar surface area (TPSA) is 12.0 Å². The summed E-state index contributed by atoms with van der Waals surface area (Å²) in [5, 5.41) is 4.20. The lowest BCUT2D eigenvalue weighted by Gasteiger charge is -2.17. The van der Waals surface area contributed by atoms with Gasteiger partial charge < -0.3 is 5.32 Å². The Balaban J connectivity index is 2.46. The van der Waals surface area contributed by atoms with Gasteiger partial charge in [0.1, 0.15) is 0 Å². The van der Waals surface area contributed by atoms with E-state index in [0.29, 0.717) is 6.04 Å². The Hall–Kier alpha value is -0.530. The van der Waals surface area contributed by atoms with Crippen molar-refractivity contribution in [2.24, 2.45) is 5.92 Å². The van der Waals surface area contributed by atoms with Gasteiger partial charge in [-0.2, -0.15) is 0 Å². The molecule has 0 aromatic heterocycles. The molecule has 0 fully saturated rings. The maximum absolute atomic E-state index is 5.87. The molecule has 0 spiro atoms. The van der Waals surface area contributed by atoms with Gasteiger partial charge in [-0.25, -0.2) is 0 Å². The van der Waals surface area contributed by atoms with Crippen LogP contribution in [0.5, 0.6) is 0 Å². The fourth-order valence-electron chi connectivity index (χ4n) is 1.79. The summed E-state index contributed by atoms with van der Waals surface area (Å²) in [5.41, 5.74) is 1.35. The van der Waals surface area contributed by atoms with Crippen molar-refractivity contribution in [2.45, 2.75) is 39.2 Å². The summed E-state index contributed by atoms with van der Waals surface area (Å²) in [7, 11) is 2.04. The van der Waals surface area contributed by atoms with E-state index in [2.05, 4.69) is 31.3 Å². The molecule has 0 heterocycles. The van der Waals surface area contributed by atoms with Crippen LogP contribution in [0.1, 0.15) is 32.3 Å². The zero-order chi connectivity index (χ0) is 12.0. The summed E-state index contributed by atoms with van der Waals surface area (Å²) in [4.78, 5) is 0. The highest BCUT2D eigenvalue weighted by molar-refractivity contribution is 6.30. The summed E-state index contributed by atoms with van der Waals surface area (Å²) in [6.07, 6.45) is 3.59. The van der Waals surface area contributed by atoms with Crippen molar-refractivity contribution in [3.63, 3.8) is 0 Å². The van der Waals surface area contributed by atoms with Crippen molar-refractivity contribution in [2.75, 3.05) is 7.05 Å². The lowest BCUT2D eigenvalue weighted by Crippen LogP contribution is -2.27. The molecule has 1 aromatic carbocycles. The molecule has 1 atom stereocenters. The fraction of sp³-hybridized carbons (Fsp3) is 0.571. The summed E-state index contributed by atoms with van der Waals surface area (Å²) in [6.45, 7) is 4.55. The molecule has 0 aliphatic heterocycles. The number of rotatable bonds is 6. The van der Waals surface area contributed by atoms with Crippen molar-refractivity contribution < 1.29 is 0 Å². The molecule has 1 aromatic rings. The Morgan fingerprint density at radius 2 is 1.75 bits per heavy atom. The maximum Gasteiger partial charge on any atom is 0.0406 e. The SMILES string of the molecule is CNC(CCC(C)C)Cc1ccc(Cl)cc1. The Morgan fingerprint density at radius 3 is 2.25 bits per heavy atom. The van der Waals surface area contributed by atoms with E-state index in [9.17, 15) is 0 Å².